The molecule has 0 heterocycles. The minimum Gasteiger partial charge on any atom is -0.349 e. The Balaban J connectivity index is 1.48. The molecule has 0 saturated carbocycles. The predicted octanol–water partition coefficient (Wildman–Crippen LogP) is 5.59. The fourth-order valence-corrected chi connectivity index (χ4v) is 4.52. The summed E-state index contributed by atoms with van der Waals surface area (Å²) in [6.07, 6.45) is 3.57. The summed E-state index contributed by atoms with van der Waals surface area (Å²) in [5, 5.41) is 4.35. The molecule has 0 saturated heterocycles. The fraction of sp³-hybridized carbons (Fsp3) is 0.350. The Morgan fingerprint density at radius 1 is 1.16 bits per heavy atom. The molecule has 1 amide bonds. The zero-order chi connectivity index (χ0) is 17.8. The van der Waals surface area contributed by atoms with Crippen LogP contribution in [0.3, 0.4) is 0 Å². The largest absolute Gasteiger partial charge is 0.349 e. The van der Waals surface area contributed by atoms with Gasteiger partial charge < -0.3 is 5.32 Å². The van der Waals surface area contributed by atoms with Crippen LogP contribution in [-0.4, -0.2) is 11.7 Å². The highest BCUT2D eigenvalue weighted by molar-refractivity contribution is 7.99. The summed E-state index contributed by atoms with van der Waals surface area (Å²) in [4.78, 5) is 12.2. The van der Waals surface area contributed by atoms with Crippen molar-refractivity contribution in [2.45, 2.75) is 38.0 Å². The maximum atomic E-state index is 12.2. The van der Waals surface area contributed by atoms with Gasteiger partial charge in [0.2, 0.25) is 5.91 Å². The summed E-state index contributed by atoms with van der Waals surface area (Å²) in [5.41, 5.74) is 5.07. The third-order valence-electron chi connectivity index (χ3n) is 4.51. The quantitative estimate of drug-likeness (QED) is 0.692. The van der Waals surface area contributed by atoms with Gasteiger partial charge in [0.15, 0.2) is 0 Å². The maximum Gasteiger partial charge on any atom is 0.230 e. The number of benzene rings is 2. The first-order valence-electron chi connectivity index (χ1n) is 8.45. The summed E-state index contributed by atoms with van der Waals surface area (Å²) in [7, 11) is 0. The molecule has 0 aromatic heterocycles. The van der Waals surface area contributed by atoms with Crippen LogP contribution >= 0.6 is 35.0 Å². The molecule has 0 spiro atoms. The normalized spacial score (nSPS) is 14.2. The third kappa shape index (κ3) is 4.93. The second-order valence-corrected chi connectivity index (χ2v) is 8.23. The van der Waals surface area contributed by atoms with Crippen LogP contribution in [0, 0.1) is 0 Å². The van der Waals surface area contributed by atoms with Crippen molar-refractivity contribution in [1.82, 2.24) is 5.32 Å². The van der Waals surface area contributed by atoms with Crippen molar-refractivity contribution >= 4 is 40.9 Å². The highest BCUT2D eigenvalue weighted by Gasteiger charge is 2.15. The van der Waals surface area contributed by atoms with Gasteiger partial charge in [-0.05, 0) is 60.6 Å². The molecule has 0 unspecified atom stereocenters. The Kier molecular flexibility index (Phi) is 6.32. The Hall–Kier alpha value is -1.16. The van der Waals surface area contributed by atoms with E-state index < -0.39 is 0 Å². The number of fused-ring (bicyclic) bond motifs is 1. The van der Waals surface area contributed by atoms with Crippen LogP contribution in [0.15, 0.2) is 36.4 Å². The third-order valence-corrected chi connectivity index (χ3v) is 6.07. The molecule has 0 aliphatic heterocycles. The number of hydrogen-bond acceptors (Lipinski definition) is 2. The molecule has 132 valence electrons. The SMILES string of the molecule is C[C@H](NC(=O)CSCc1ccc(Cl)cc1Cl)c1ccc2c(c1)CCC2. The average Bonchev–Trinajstić information content (AvgIpc) is 3.04. The van der Waals surface area contributed by atoms with E-state index in [1.165, 1.54) is 29.5 Å². The van der Waals surface area contributed by atoms with Crippen LogP contribution in [0.5, 0.6) is 0 Å². The average molecular weight is 394 g/mol. The van der Waals surface area contributed by atoms with E-state index >= 15 is 0 Å². The van der Waals surface area contributed by atoms with Gasteiger partial charge in [0.05, 0.1) is 11.8 Å². The predicted molar refractivity (Wildman–Crippen MR) is 108 cm³/mol. The van der Waals surface area contributed by atoms with Gasteiger partial charge in [-0.15, -0.1) is 11.8 Å². The Morgan fingerprint density at radius 3 is 2.76 bits per heavy atom. The van der Waals surface area contributed by atoms with E-state index in [2.05, 4.69) is 23.5 Å². The molecule has 1 N–H and O–H groups in total. The minimum atomic E-state index is 0.0260. The summed E-state index contributed by atoms with van der Waals surface area (Å²) in [5.74, 6) is 1.15. The molecule has 2 nitrogen and oxygen atoms in total. The molecular formula is C20H21Cl2NOS. The number of hydrogen-bond donors (Lipinski definition) is 1. The standard InChI is InChI=1S/C20H21Cl2NOS/c1-13(15-6-5-14-3-2-4-16(14)9-15)23-20(24)12-25-11-17-7-8-18(21)10-19(17)22/h5-10,13H,2-4,11-12H2,1H3,(H,23,24)/t13-/m0/s1. The lowest BCUT2D eigenvalue weighted by Crippen LogP contribution is -2.28. The van der Waals surface area contributed by atoms with Crippen molar-refractivity contribution < 1.29 is 4.79 Å². The number of carbonyl (C=O) groups excluding carboxylic acids is 1. The lowest BCUT2D eigenvalue weighted by atomic mass is 10.0. The second kappa shape index (κ2) is 8.48. The van der Waals surface area contributed by atoms with E-state index in [0.717, 1.165) is 12.0 Å². The first-order chi connectivity index (χ1) is 12.0. The van der Waals surface area contributed by atoms with E-state index in [1.807, 2.05) is 19.1 Å². The molecule has 0 fully saturated rings. The van der Waals surface area contributed by atoms with Gasteiger partial charge in [0.1, 0.15) is 0 Å². The molecule has 1 atom stereocenters. The maximum absolute atomic E-state index is 12.2. The molecule has 3 rings (SSSR count). The molecular weight excluding hydrogens is 373 g/mol. The molecule has 2 aromatic carbocycles. The number of halogens is 2. The van der Waals surface area contributed by atoms with Gasteiger partial charge in [0, 0.05) is 15.8 Å². The van der Waals surface area contributed by atoms with Crippen LogP contribution in [0.25, 0.3) is 0 Å². The fourth-order valence-electron chi connectivity index (χ4n) is 3.12. The van der Waals surface area contributed by atoms with Gasteiger partial charge in [0.25, 0.3) is 0 Å². The van der Waals surface area contributed by atoms with Crippen LogP contribution < -0.4 is 5.32 Å². The van der Waals surface area contributed by atoms with E-state index in [1.54, 1.807) is 17.8 Å². The second-order valence-electron chi connectivity index (χ2n) is 6.40. The monoisotopic (exact) mass is 393 g/mol. The Labute approximate surface area is 163 Å². The van der Waals surface area contributed by atoms with Crippen molar-refractivity contribution in [2.75, 3.05) is 5.75 Å². The molecule has 2 aromatic rings. The first-order valence-corrected chi connectivity index (χ1v) is 10.4. The van der Waals surface area contributed by atoms with Gasteiger partial charge in [-0.3, -0.25) is 4.79 Å². The summed E-state index contributed by atoms with van der Waals surface area (Å²) in [6.45, 7) is 2.04. The number of carbonyl (C=O) groups is 1. The molecule has 0 bridgehead atoms. The van der Waals surface area contributed by atoms with Gasteiger partial charge >= 0.3 is 0 Å². The number of amides is 1. The van der Waals surface area contributed by atoms with Crippen molar-refractivity contribution in [3.8, 4) is 0 Å². The highest BCUT2D eigenvalue weighted by Crippen LogP contribution is 2.26. The van der Waals surface area contributed by atoms with Crippen LogP contribution in [0.4, 0.5) is 0 Å². The number of nitrogens with one attached hydrogen (secondary N) is 1. The Morgan fingerprint density at radius 2 is 1.96 bits per heavy atom. The molecule has 0 radical (unpaired) electrons. The van der Waals surface area contributed by atoms with Crippen LogP contribution in [0.1, 0.15) is 41.6 Å². The smallest absolute Gasteiger partial charge is 0.230 e. The topological polar surface area (TPSA) is 29.1 Å². The number of rotatable bonds is 6. The van der Waals surface area contributed by atoms with Gasteiger partial charge in [-0.1, -0.05) is 47.5 Å². The molecule has 1 aliphatic rings. The van der Waals surface area contributed by atoms with E-state index in [0.29, 0.717) is 21.6 Å². The molecule has 25 heavy (non-hydrogen) atoms. The van der Waals surface area contributed by atoms with E-state index in [4.69, 9.17) is 23.2 Å². The van der Waals surface area contributed by atoms with E-state index in [-0.39, 0.29) is 11.9 Å². The molecule has 5 heteroatoms. The number of thioether (sulfide) groups is 1. The zero-order valence-corrected chi connectivity index (χ0v) is 16.5. The molecule has 1 aliphatic carbocycles. The van der Waals surface area contributed by atoms with E-state index in [9.17, 15) is 4.79 Å². The van der Waals surface area contributed by atoms with Crippen molar-refractivity contribution in [1.29, 1.82) is 0 Å². The van der Waals surface area contributed by atoms with Crippen LogP contribution in [-0.2, 0) is 23.4 Å². The summed E-state index contributed by atoms with van der Waals surface area (Å²) >= 11 is 13.6. The number of aryl methyl sites for hydroxylation is 2. The van der Waals surface area contributed by atoms with Gasteiger partial charge in [-0.2, -0.15) is 0 Å². The first kappa shape index (κ1) is 18.6. The van der Waals surface area contributed by atoms with Crippen LogP contribution in [0.2, 0.25) is 10.0 Å². The van der Waals surface area contributed by atoms with Gasteiger partial charge in [-0.25, -0.2) is 0 Å². The van der Waals surface area contributed by atoms with Crippen molar-refractivity contribution in [2.24, 2.45) is 0 Å². The summed E-state index contributed by atoms with van der Waals surface area (Å²) < 4.78 is 0. The Bertz CT molecular complexity index is 778. The van der Waals surface area contributed by atoms with Crippen molar-refractivity contribution in [3.05, 3.63) is 68.7 Å². The minimum absolute atomic E-state index is 0.0260. The highest BCUT2D eigenvalue weighted by atomic mass is 35.5. The van der Waals surface area contributed by atoms with Crippen molar-refractivity contribution in [3.63, 3.8) is 0 Å². The lowest BCUT2D eigenvalue weighted by molar-refractivity contribution is -0.119. The summed E-state index contributed by atoms with van der Waals surface area (Å²) in [6, 6.07) is 12.1. The zero-order valence-electron chi connectivity index (χ0n) is 14.1. The lowest BCUT2D eigenvalue weighted by Gasteiger charge is -2.15.